The molecule has 0 radical (unpaired) electrons. The Bertz CT molecular complexity index is 788. The van der Waals surface area contributed by atoms with Crippen LogP contribution >= 0.6 is 11.6 Å². The third kappa shape index (κ3) is 3.46. The molecule has 0 spiro atoms. The first-order chi connectivity index (χ1) is 11.1. The molecule has 0 atom stereocenters. The molecule has 8 heteroatoms. The van der Waals surface area contributed by atoms with Crippen molar-refractivity contribution in [2.75, 3.05) is 5.01 Å². The molecule has 0 fully saturated rings. The molecule has 0 aliphatic heterocycles. The zero-order valence-corrected chi connectivity index (χ0v) is 12.7. The van der Waals surface area contributed by atoms with Crippen molar-refractivity contribution in [3.05, 3.63) is 81.9 Å². The molecule has 1 aromatic heterocycles. The zero-order chi connectivity index (χ0) is 16.2. The Kier molecular flexibility index (Phi) is 4.20. The number of nitro groups is 1. The summed E-state index contributed by atoms with van der Waals surface area (Å²) in [5.41, 5.74) is 1.86. The smallest absolute Gasteiger partial charge is 0.269 e. The summed E-state index contributed by atoms with van der Waals surface area (Å²) in [4.78, 5) is 10.4. The second-order valence-electron chi connectivity index (χ2n) is 4.80. The van der Waals surface area contributed by atoms with E-state index in [1.54, 1.807) is 29.5 Å². The Balaban J connectivity index is 1.92. The zero-order valence-electron chi connectivity index (χ0n) is 11.9. The molecule has 7 nitrogen and oxygen atoms in total. The minimum atomic E-state index is -0.425. The summed E-state index contributed by atoms with van der Waals surface area (Å²) < 4.78 is 1.72. The van der Waals surface area contributed by atoms with Gasteiger partial charge in [-0.2, -0.15) is 0 Å². The molecule has 0 N–H and O–H groups in total. The predicted octanol–water partition coefficient (Wildman–Crippen LogP) is 3.31. The van der Waals surface area contributed by atoms with E-state index in [9.17, 15) is 10.1 Å². The van der Waals surface area contributed by atoms with Crippen LogP contribution < -0.4 is 5.01 Å². The SMILES string of the molecule is O=[N+]([O-])c1ccc(N(Cc2ccc(Cl)cc2)n2cnnc2)cc1. The first-order valence-electron chi connectivity index (χ1n) is 6.75. The Labute approximate surface area is 136 Å². The Morgan fingerprint density at radius 2 is 1.65 bits per heavy atom. The van der Waals surface area contributed by atoms with Gasteiger partial charge in [0.15, 0.2) is 0 Å². The number of nitrogens with zero attached hydrogens (tertiary/aromatic N) is 5. The van der Waals surface area contributed by atoms with E-state index in [4.69, 9.17) is 11.6 Å². The average Bonchev–Trinajstić information content (AvgIpc) is 3.08. The summed E-state index contributed by atoms with van der Waals surface area (Å²) >= 11 is 5.91. The quantitative estimate of drug-likeness (QED) is 0.530. The summed E-state index contributed by atoms with van der Waals surface area (Å²) in [6.45, 7) is 0.535. The van der Waals surface area contributed by atoms with Crippen LogP contribution in [0.3, 0.4) is 0 Å². The second-order valence-corrected chi connectivity index (χ2v) is 5.24. The second kappa shape index (κ2) is 6.45. The van der Waals surface area contributed by atoms with Crippen molar-refractivity contribution in [2.24, 2.45) is 0 Å². The number of nitro benzene ring substituents is 1. The van der Waals surface area contributed by atoms with Crippen molar-refractivity contribution in [3.63, 3.8) is 0 Å². The maximum absolute atomic E-state index is 10.8. The number of hydrogen-bond acceptors (Lipinski definition) is 5. The molecular formula is C15H12ClN5O2. The fourth-order valence-corrected chi connectivity index (χ4v) is 2.26. The molecule has 0 aliphatic rings. The van der Waals surface area contributed by atoms with E-state index in [2.05, 4.69) is 10.2 Å². The van der Waals surface area contributed by atoms with Gasteiger partial charge >= 0.3 is 0 Å². The molecule has 116 valence electrons. The van der Waals surface area contributed by atoms with Crippen molar-refractivity contribution in [3.8, 4) is 0 Å². The van der Waals surface area contributed by atoms with E-state index >= 15 is 0 Å². The summed E-state index contributed by atoms with van der Waals surface area (Å²) in [6, 6.07) is 13.8. The average molecular weight is 330 g/mol. The molecule has 1 heterocycles. The number of aromatic nitrogens is 3. The molecule has 0 saturated carbocycles. The molecule has 0 aliphatic carbocycles. The van der Waals surface area contributed by atoms with Crippen LogP contribution in [-0.4, -0.2) is 19.8 Å². The summed E-state index contributed by atoms with van der Waals surface area (Å²) in [5.74, 6) is 0. The van der Waals surface area contributed by atoms with Crippen molar-refractivity contribution in [2.45, 2.75) is 6.54 Å². The van der Waals surface area contributed by atoms with Gasteiger partial charge in [0.1, 0.15) is 12.7 Å². The standard InChI is InChI=1S/C15H12ClN5O2/c16-13-3-1-12(2-4-13)9-20(19-10-17-18-11-19)14-5-7-15(8-6-14)21(22)23/h1-8,10-11H,9H2. The molecule has 3 rings (SSSR count). The highest BCUT2D eigenvalue weighted by molar-refractivity contribution is 6.30. The topological polar surface area (TPSA) is 77.1 Å². The molecular weight excluding hydrogens is 318 g/mol. The van der Waals surface area contributed by atoms with Crippen LogP contribution in [0.1, 0.15) is 5.56 Å². The first-order valence-corrected chi connectivity index (χ1v) is 7.12. The largest absolute Gasteiger partial charge is 0.274 e. The maximum atomic E-state index is 10.8. The number of hydrogen-bond donors (Lipinski definition) is 0. The van der Waals surface area contributed by atoms with Crippen molar-refractivity contribution in [1.29, 1.82) is 0 Å². The fourth-order valence-electron chi connectivity index (χ4n) is 2.14. The van der Waals surface area contributed by atoms with E-state index in [0.717, 1.165) is 11.3 Å². The van der Waals surface area contributed by atoms with E-state index in [1.165, 1.54) is 12.1 Å². The van der Waals surface area contributed by atoms with Crippen molar-refractivity contribution < 1.29 is 4.92 Å². The predicted molar refractivity (Wildman–Crippen MR) is 86.2 cm³/mol. The van der Waals surface area contributed by atoms with Gasteiger partial charge in [-0.25, -0.2) is 4.68 Å². The molecule has 0 bridgehead atoms. The normalized spacial score (nSPS) is 10.5. The Hall–Kier alpha value is -2.93. The van der Waals surface area contributed by atoms with Gasteiger partial charge < -0.3 is 0 Å². The number of rotatable bonds is 5. The first kappa shape index (κ1) is 15.0. The maximum Gasteiger partial charge on any atom is 0.269 e. The highest BCUT2D eigenvalue weighted by Gasteiger charge is 2.12. The number of halogens is 1. The molecule has 0 unspecified atom stereocenters. The molecule has 23 heavy (non-hydrogen) atoms. The van der Waals surface area contributed by atoms with Crippen LogP contribution in [0.2, 0.25) is 5.02 Å². The van der Waals surface area contributed by atoms with Gasteiger partial charge in [-0.3, -0.25) is 15.1 Å². The fraction of sp³-hybridized carbons (Fsp3) is 0.0667. The summed E-state index contributed by atoms with van der Waals surface area (Å²) in [6.07, 6.45) is 3.13. The van der Waals surface area contributed by atoms with Gasteiger partial charge in [0.05, 0.1) is 17.2 Å². The van der Waals surface area contributed by atoms with E-state index in [1.807, 2.05) is 29.3 Å². The Morgan fingerprint density at radius 3 is 2.22 bits per heavy atom. The number of non-ortho nitro benzene ring substituents is 1. The molecule has 0 saturated heterocycles. The van der Waals surface area contributed by atoms with Crippen molar-refractivity contribution in [1.82, 2.24) is 14.9 Å². The molecule has 0 amide bonds. The third-order valence-electron chi connectivity index (χ3n) is 3.29. The van der Waals surface area contributed by atoms with Crippen LogP contribution in [0.25, 0.3) is 0 Å². The lowest BCUT2D eigenvalue weighted by atomic mass is 10.2. The third-order valence-corrected chi connectivity index (χ3v) is 3.54. The molecule has 3 aromatic rings. The number of anilines is 1. The van der Waals surface area contributed by atoms with Crippen LogP contribution in [0.4, 0.5) is 11.4 Å². The lowest BCUT2D eigenvalue weighted by molar-refractivity contribution is -0.384. The van der Waals surface area contributed by atoms with Crippen LogP contribution in [0.5, 0.6) is 0 Å². The Morgan fingerprint density at radius 1 is 1.04 bits per heavy atom. The lowest BCUT2D eigenvalue weighted by Gasteiger charge is -2.24. The molecule has 2 aromatic carbocycles. The van der Waals surface area contributed by atoms with E-state index < -0.39 is 4.92 Å². The summed E-state index contributed by atoms with van der Waals surface area (Å²) in [7, 11) is 0. The van der Waals surface area contributed by atoms with Gasteiger partial charge in [-0.05, 0) is 29.8 Å². The van der Waals surface area contributed by atoms with Crippen LogP contribution in [-0.2, 0) is 6.54 Å². The minimum absolute atomic E-state index is 0.0453. The van der Waals surface area contributed by atoms with Crippen LogP contribution in [0.15, 0.2) is 61.2 Å². The van der Waals surface area contributed by atoms with E-state index in [0.29, 0.717) is 11.6 Å². The van der Waals surface area contributed by atoms with Crippen LogP contribution in [0, 0.1) is 10.1 Å². The lowest BCUT2D eigenvalue weighted by Crippen LogP contribution is -2.27. The summed E-state index contributed by atoms with van der Waals surface area (Å²) in [5, 5.41) is 21.0. The van der Waals surface area contributed by atoms with Gasteiger partial charge in [0.2, 0.25) is 0 Å². The highest BCUT2D eigenvalue weighted by atomic mass is 35.5. The van der Waals surface area contributed by atoms with Gasteiger partial charge in [0.25, 0.3) is 5.69 Å². The van der Waals surface area contributed by atoms with Gasteiger partial charge in [-0.15, -0.1) is 10.2 Å². The van der Waals surface area contributed by atoms with Gasteiger partial charge in [-0.1, -0.05) is 23.7 Å². The minimum Gasteiger partial charge on any atom is -0.274 e. The van der Waals surface area contributed by atoms with Crippen molar-refractivity contribution >= 4 is 23.0 Å². The van der Waals surface area contributed by atoms with Gasteiger partial charge in [0, 0.05) is 17.2 Å². The highest BCUT2D eigenvalue weighted by Crippen LogP contribution is 2.22. The number of benzene rings is 2. The van der Waals surface area contributed by atoms with E-state index in [-0.39, 0.29) is 5.69 Å². The monoisotopic (exact) mass is 329 g/mol.